The number of aromatic nitrogens is 2. The molecule has 1 amide bonds. The Morgan fingerprint density at radius 3 is 2.62 bits per heavy atom. The molecule has 4 aromatic rings. The molecule has 1 aromatic heterocycles. The number of nitro groups is 1. The molecule has 0 unspecified atom stereocenters. The summed E-state index contributed by atoms with van der Waals surface area (Å²) in [6.07, 6.45) is 1.62. The monoisotopic (exact) mass is 480 g/mol. The summed E-state index contributed by atoms with van der Waals surface area (Å²) < 4.78 is 21.1. The third kappa shape index (κ3) is 5.57. The molecule has 4 rings (SSSR count). The second-order valence-electron chi connectivity index (χ2n) is 7.29. The van der Waals surface area contributed by atoms with Crippen LogP contribution in [0.2, 0.25) is 5.02 Å². The Bertz CT molecular complexity index is 1320. The molecule has 0 saturated heterocycles. The van der Waals surface area contributed by atoms with Gasteiger partial charge in [0.15, 0.2) is 5.82 Å². The first kappa shape index (κ1) is 22.9. The van der Waals surface area contributed by atoms with E-state index in [0.717, 1.165) is 5.56 Å². The van der Waals surface area contributed by atoms with Gasteiger partial charge in [-0.2, -0.15) is 5.10 Å². The third-order valence-corrected chi connectivity index (χ3v) is 5.26. The number of anilines is 1. The van der Waals surface area contributed by atoms with Crippen LogP contribution in [0.1, 0.15) is 21.5 Å². The van der Waals surface area contributed by atoms with Gasteiger partial charge in [0.25, 0.3) is 11.6 Å². The highest BCUT2D eigenvalue weighted by Gasteiger charge is 2.12. The van der Waals surface area contributed by atoms with Crippen molar-refractivity contribution in [2.45, 2.75) is 13.2 Å². The van der Waals surface area contributed by atoms with E-state index >= 15 is 0 Å². The van der Waals surface area contributed by atoms with Crippen LogP contribution in [-0.4, -0.2) is 20.6 Å². The minimum atomic E-state index is -0.482. The van der Waals surface area contributed by atoms with Crippen LogP contribution >= 0.6 is 11.6 Å². The van der Waals surface area contributed by atoms with E-state index in [1.54, 1.807) is 42.6 Å². The second-order valence-corrected chi connectivity index (χ2v) is 7.70. The SMILES string of the molecule is O=C(Nc1ccn(Cc2c(F)cccc2Cl)n1)c1cccc(COc2ccc([N+](=O)[O-])cc2)c1. The number of carbonyl (C=O) groups excluding carboxylic acids is 1. The predicted octanol–water partition coefficient (Wildman–Crippen LogP) is 5.46. The van der Waals surface area contributed by atoms with Crippen LogP contribution < -0.4 is 10.1 Å². The van der Waals surface area contributed by atoms with Gasteiger partial charge in [0.1, 0.15) is 18.2 Å². The van der Waals surface area contributed by atoms with Crippen LogP contribution in [0.5, 0.6) is 5.75 Å². The molecule has 0 spiro atoms. The lowest BCUT2D eigenvalue weighted by Crippen LogP contribution is -2.13. The first-order valence-corrected chi connectivity index (χ1v) is 10.5. The zero-order valence-corrected chi connectivity index (χ0v) is 18.4. The summed E-state index contributed by atoms with van der Waals surface area (Å²) in [6.45, 7) is 0.299. The smallest absolute Gasteiger partial charge is 0.269 e. The first-order chi connectivity index (χ1) is 16.4. The lowest BCUT2D eigenvalue weighted by molar-refractivity contribution is -0.384. The predicted molar refractivity (Wildman–Crippen MR) is 125 cm³/mol. The average molecular weight is 481 g/mol. The standard InChI is InChI=1S/C24H18ClFN4O4/c25-21-5-2-6-22(26)20(21)14-29-12-11-23(28-29)27-24(31)17-4-1-3-16(13-17)15-34-19-9-7-18(8-10-19)30(32)33/h1-13H,14-15H2,(H,27,28,31). The van der Waals surface area contributed by atoms with E-state index in [1.807, 2.05) is 0 Å². The van der Waals surface area contributed by atoms with Crippen LogP contribution in [0.3, 0.4) is 0 Å². The fourth-order valence-corrected chi connectivity index (χ4v) is 3.41. The van der Waals surface area contributed by atoms with Crippen molar-refractivity contribution >= 4 is 29.0 Å². The highest BCUT2D eigenvalue weighted by Crippen LogP contribution is 2.21. The molecular formula is C24H18ClFN4O4. The summed E-state index contributed by atoms with van der Waals surface area (Å²) in [5.41, 5.74) is 1.43. The molecule has 0 aliphatic rings. The summed E-state index contributed by atoms with van der Waals surface area (Å²) in [7, 11) is 0. The molecule has 1 heterocycles. The van der Waals surface area contributed by atoms with E-state index in [1.165, 1.54) is 41.1 Å². The number of hydrogen-bond donors (Lipinski definition) is 1. The molecule has 0 atom stereocenters. The fraction of sp³-hybridized carbons (Fsp3) is 0.0833. The average Bonchev–Trinajstić information content (AvgIpc) is 3.27. The molecule has 34 heavy (non-hydrogen) atoms. The Labute approximate surface area is 198 Å². The number of hydrogen-bond acceptors (Lipinski definition) is 5. The van der Waals surface area contributed by atoms with Gasteiger partial charge < -0.3 is 10.1 Å². The topological polar surface area (TPSA) is 99.3 Å². The van der Waals surface area contributed by atoms with Crippen molar-refractivity contribution in [1.29, 1.82) is 0 Å². The van der Waals surface area contributed by atoms with Crippen LogP contribution in [0.4, 0.5) is 15.9 Å². The lowest BCUT2D eigenvalue weighted by Gasteiger charge is -2.08. The Morgan fingerprint density at radius 2 is 1.88 bits per heavy atom. The van der Waals surface area contributed by atoms with Gasteiger partial charge in [0, 0.05) is 40.5 Å². The summed E-state index contributed by atoms with van der Waals surface area (Å²) in [5.74, 6) is -0.0151. The molecule has 0 saturated carbocycles. The number of non-ortho nitro benzene ring substituents is 1. The Kier molecular flexibility index (Phi) is 6.84. The highest BCUT2D eigenvalue weighted by molar-refractivity contribution is 6.31. The first-order valence-electron chi connectivity index (χ1n) is 10.1. The van der Waals surface area contributed by atoms with Gasteiger partial charge in [-0.15, -0.1) is 0 Å². The van der Waals surface area contributed by atoms with Gasteiger partial charge >= 0.3 is 0 Å². The summed E-state index contributed by atoms with van der Waals surface area (Å²) in [4.78, 5) is 22.9. The summed E-state index contributed by atoms with van der Waals surface area (Å²) in [6, 6.07) is 18.7. The number of ether oxygens (including phenoxy) is 1. The van der Waals surface area contributed by atoms with Crippen molar-refractivity contribution in [3.05, 3.63) is 117 Å². The number of nitro benzene ring substituents is 1. The van der Waals surface area contributed by atoms with Gasteiger partial charge in [0.05, 0.1) is 11.5 Å². The van der Waals surface area contributed by atoms with Crippen LogP contribution in [0.25, 0.3) is 0 Å². The summed E-state index contributed by atoms with van der Waals surface area (Å²) in [5, 5.41) is 18.0. The minimum Gasteiger partial charge on any atom is -0.489 e. The van der Waals surface area contributed by atoms with Gasteiger partial charge in [-0.3, -0.25) is 19.6 Å². The quantitative estimate of drug-likeness (QED) is 0.266. The Hall–Kier alpha value is -4.24. The maximum atomic E-state index is 14.0. The van der Waals surface area contributed by atoms with E-state index in [0.29, 0.717) is 27.7 Å². The van der Waals surface area contributed by atoms with E-state index in [9.17, 15) is 19.3 Å². The van der Waals surface area contributed by atoms with Crippen LogP contribution in [0, 0.1) is 15.9 Å². The number of rotatable bonds is 8. The molecule has 3 aromatic carbocycles. The van der Waals surface area contributed by atoms with Gasteiger partial charge in [0.2, 0.25) is 0 Å². The van der Waals surface area contributed by atoms with Crippen LogP contribution in [-0.2, 0) is 13.2 Å². The largest absolute Gasteiger partial charge is 0.489 e. The molecule has 0 aliphatic carbocycles. The molecular weight excluding hydrogens is 463 g/mol. The van der Waals surface area contributed by atoms with E-state index in [4.69, 9.17) is 16.3 Å². The van der Waals surface area contributed by atoms with Gasteiger partial charge in [-0.25, -0.2) is 4.39 Å². The van der Waals surface area contributed by atoms with E-state index in [-0.39, 0.29) is 24.7 Å². The second kappa shape index (κ2) is 10.1. The highest BCUT2D eigenvalue weighted by atomic mass is 35.5. The van der Waals surface area contributed by atoms with Crippen molar-refractivity contribution < 1.29 is 18.8 Å². The maximum absolute atomic E-state index is 14.0. The minimum absolute atomic E-state index is 0.0227. The van der Waals surface area contributed by atoms with E-state index < -0.39 is 10.7 Å². The molecule has 1 N–H and O–H groups in total. The van der Waals surface area contributed by atoms with Crippen LogP contribution in [0.15, 0.2) is 79.0 Å². The zero-order chi connectivity index (χ0) is 24.1. The van der Waals surface area contributed by atoms with Crippen molar-refractivity contribution in [2.24, 2.45) is 0 Å². The van der Waals surface area contributed by atoms with Crippen molar-refractivity contribution in [1.82, 2.24) is 9.78 Å². The van der Waals surface area contributed by atoms with Gasteiger partial charge in [-0.1, -0.05) is 29.8 Å². The zero-order valence-electron chi connectivity index (χ0n) is 17.7. The number of nitrogens with one attached hydrogen (secondary N) is 1. The Morgan fingerprint density at radius 1 is 1.12 bits per heavy atom. The molecule has 10 heteroatoms. The van der Waals surface area contributed by atoms with Gasteiger partial charge in [-0.05, 0) is 42.0 Å². The molecule has 0 bridgehead atoms. The molecule has 0 radical (unpaired) electrons. The van der Waals surface area contributed by atoms with E-state index in [2.05, 4.69) is 10.4 Å². The number of carbonyl (C=O) groups is 1. The molecule has 172 valence electrons. The fourth-order valence-electron chi connectivity index (χ4n) is 3.18. The normalized spacial score (nSPS) is 10.6. The summed E-state index contributed by atoms with van der Waals surface area (Å²) >= 11 is 6.06. The van der Waals surface area contributed by atoms with Crippen molar-refractivity contribution in [3.8, 4) is 5.75 Å². The van der Waals surface area contributed by atoms with Crippen molar-refractivity contribution in [3.63, 3.8) is 0 Å². The number of nitrogens with zero attached hydrogens (tertiary/aromatic N) is 3. The molecule has 0 fully saturated rings. The number of amides is 1. The third-order valence-electron chi connectivity index (χ3n) is 4.91. The van der Waals surface area contributed by atoms with Crippen molar-refractivity contribution in [2.75, 3.05) is 5.32 Å². The number of benzene rings is 3. The lowest BCUT2D eigenvalue weighted by atomic mass is 10.1. The maximum Gasteiger partial charge on any atom is 0.269 e. The molecule has 0 aliphatic heterocycles. The Balaban J connectivity index is 1.37. The molecule has 8 nitrogen and oxygen atoms in total. The number of halogens is 2.